The third-order valence-corrected chi connectivity index (χ3v) is 5.37. The van der Waals surface area contributed by atoms with Gasteiger partial charge in [0.15, 0.2) is 0 Å². The van der Waals surface area contributed by atoms with Crippen molar-refractivity contribution in [2.75, 3.05) is 6.54 Å². The molecule has 8 nitrogen and oxygen atoms in total. The van der Waals surface area contributed by atoms with Crippen molar-refractivity contribution in [3.8, 4) is 0 Å². The summed E-state index contributed by atoms with van der Waals surface area (Å²) in [5.74, 6) is 0.252. The molecule has 0 aromatic carbocycles. The van der Waals surface area contributed by atoms with E-state index >= 15 is 0 Å². The Kier molecular flexibility index (Phi) is 6.85. The first kappa shape index (κ1) is 20.8. The molecule has 29 heavy (non-hydrogen) atoms. The van der Waals surface area contributed by atoms with E-state index in [-0.39, 0.29) is 30.0 Å². The van der Waals surface area contributed by atoms with Crippen LogP contribution in [0.5, 0.6) is 0 Å². The van der Waals surface area contributed by atoms with Gasteiger partial charge in [0.1, 0.15) is 12.3 Å². The molecule has 0 spiro atoms. The Hall–Kier alpha value is -2.90. The first-order chi connectivity index (χ1) is 13.9. The number of aromatic nitrogens is 2. The van der Waals surface area contributed by atoms with Crippen LogP contribution >= 0.6 is 0 Å². The highest BCUT2D eigenvalue weighted by molar-refractivity contribution is 5.93. The number of amides is 2. The molecule has 0 saturated heterocycles. The predicted molar refractivity (Wildman–Crippen MR) is 108 cm³/mol. The van der Waals surface area contributed by atoms with Gasteiger partial charge >= 0.3 is 0 Å². The molecule has 2 heterocycles. The first-order valence-electron chi connectivity index (χ1n) is 10.1. The molecule has 8 heteroatoms. The van der Waals surface area contributed by atoms with Gasteiger partial charge in [0.25, 0.3) is 11.5 Å². The third kappa shape index (κ3) is 5.56. The molecule has 2 aromatic heterocycles. The van der Waals surface area contributed by atoms with E-state index in [1.54, 1.807) is 0 Å². The average molecular weight is 400 g/mol. The molecule has 3 rings (SSSR count). The van der Waals surface area contributed by atoms with Crippen molar-refractivity contribution >= 4 is 11.8 Å². The minimum atomic E-state index is -0.309. The fraction of sp³-hybridized carbons (Fsp3) is 0.524. The highest BCUT2D eigenvalue weighted by atomic mass is 16.5. The summed E-state index contributed by atoms with van der Waals surface area (Å²) in [6.07, 6.45) is 7.45. The van der Waals surface area contributed by atoms with E-state index in [1.165, 1.54) is 29.3 Å². The zero-order chi connectivity index (χ0) is 20.8. The molecule has 0 atom stereocenters. The zero-order valence-corrected chi connectivity index (χ0v) is 17.0. The zero-order valence-electron chi connectivity index (χ0n) is 17.0. The van der Waals surface area contributed by atoms with Gasteiger partial charge in [-0.25, -0.2) is 0 Å². The smallest absolute Gasteiger partial charge is 0.252 e. The standard InChI is InChI=1S/C21H28N4O4/c1-14-18(15(2)29-24-14)10-11-22-21(28)16-8-9-20(27)25(12-16)13-19(26)23-17-6-4-3-5-7-17/h8-9,12,17H,3-7,10-11,13H2,1-2H3,(H,22,28)(H,23,26). The minimum absolute atomic E-state index is 0.0878. The summed E-state index contributed by atoms with van der Waals surface area (Å²) in [6.45, 7) is 4.03. The number of hydrogen-bond acceptors (Lipinski definition) is 5. The summed E-state index contributed by atoms with van der Waals surface area (Å²) in [5.41, 5.74) is 1.83. The van der Waals surface area contributed by atoms with Crippen molar-refractivity contribution in [2.45, 2.75) is 65.0 Å². The molecular formula is C21H28N4O4. The van der Waals surface area contributed by atoms with Crippen LogP contribution < -0.4 is 16.2 Å². The predicted octanol–water partition coefficient (Wildman–Crippen LogP) is 1.87. The Morgan fingerprint density at radius 3 is 2.66 bits per heavy atom. The molecule has 0 aliphatic heterocycles. The molecule has 2 aromatic rings. The van der Waals surface area contributed by atoms with E-state index in [4.69, 9.17) is 4.52 Å². The number of pyridine rings is 1. The summed E-state index contributed by atoms with van der Waals surface area (Å²) in [5, 5.41) is 9.72. The van der Waals surface area contributed by atoms with E-state index in [2.05, 4.69) is 15.8 Å². The second-order valence-corrected chi connectivity index (χ2v) is 7.59. The van der Waals surface area contributed by atoms with Gasteiger partial charge in [0.05, 0.1) is 11.3 Å². The van der Waals surface area contributed by atoms with Crippen LogP contribution in [0.3, 0.4) is 0 Å². The van der Waals surface area contributed by atoms with Crippen molar-refractivity contribution < 1.29 is 14.1 Å². The van der Waals surface area contributed by atoms with Crippen LogP contribution in [-0.2, 0) is 17.8 Å². The normalized spacial score (nSPS) is 14.6. The van der Waals surface area contributed by atoms with Crippen LogP contribution in [0, 0.1) is 13.8 Å². The highest BCUT2D eigenvalue weighted by Crippen LogP contribution is 2.17. The summed E-state index contributed by atoms with van der Waals surface area (Å²) >= 11 is 0. The van der Waals surface area contributed by atoms with Gasteiger partial charge in [-0.15, -0.1) is 0 Å². The maximum atomic E-state index is 12.4. The molecule has 1 aliphatic carbocycles. The van der Waals surface area contributed by atoms with Crippen LogP contribution in [0.4, 0.5) is 0 Å². The Balaban J connectivity index is 1.56. The first-order valence-corrected chi connectivity index (χ1v) is 10.1. The second kappa shape index (κ2) is 9.54. The van der Waals surface area contributed by atoms with Crippen molar-refractivity contribution in [1.29, 1.82) is 0 Å². The molecule has 1 saturated carbocycles. The molecule has 1 aliphatic rings. The number of nitrogens with zero attached hydrogens (tertiary/aromatic N) is 2. The van der Waals surface area contributed by atoms with Gasteiger partial charge in [-0.3, -0.25) is 14.4 Å². The van der Waals surface area contributed by atoms with Crippen LogP contribution in [0.25, 0.3) is 0 Å². The fourth-order valence-corrected chi connectivity index (χ4v) is 3.73. The highest BCUT2D eigenvalue weighted by Gasteiger charge is 2.17. The number of nitrogens with one attached hydrogen (secondary N) is 2. The van der Waals surface area contributed by atoms with E-state index in [0.717, 1.165) is 42.7 Å². The number of rotatable bonds is 7. The van der Waals surface area contributed by atoms with Crippen molar-refractivity contribution in [3.05, 3.63) is 51.3 Å². The summed E-state index contributed by atoms with van der Waals surface area (Å²) in [4.78, 5) is 36.8. The van der Waals surface area contributed by atoms with E-state index < -0.39 is 0 Å². The Bertz CT molecular complexity index is 906. The lowest BCUT2D eigenvalue weighted by Crippen LogP contribution is -2.40. The maximum Gasteiger partial charge on any atom is 0.252 e. The lowest BCUT2D eigenvalue weighted by Gasteiger charge is -2.22. The maximum absolute atomic E-state index is 12.4. The minimum Gasteiger partial charge on any atom is -0.361 e. The number of carbonyl (C=O) groups is 2. The molecule has 0 unspecified atom stereocenters. The van der Waals surface area contributed by atoms with Gasteiger partial charge in [-0.1, -0.05) is 24.4 Å². The molecular weight excluding hydrogens is 372 g/mol. The van der Waals surface area contributed by atoms with Crippen LogP contribution in [-0.4, -0.2) is 34.1 Å². The van der Waals surface area contributed by atoms with Gasteiger partial charge < -0.3 is 19.7 Å². The monoisotopic (exact) mass is 400 g/mol. The molecule has 2 amide bonds. The van der Waals surface area contributed by atoms with Gasteiger partial charge in [-0.2, -0.15) is 0 Å². The average Bonchev–Trinajstić information content (AvgIpc) is 3.02. The Morgan fingerprint density at radius 2 is 1.97 bits per heavy atom. The van der Waals surface area contributed by atoms with Crippen LogP contribution in [0.1, 0.15) is 59.5 Å². The quantitative estimate of drug-likeness (QED) is 0.738. The molecule has 0 radical (unpaired) electrons. The Morgan fingerprint density at radius 1 is 1.21 bits per heavy atom. The Labute approximate surface area is 169 Å². The SMILES string of the molecule is Cc1noc(C)c1CCNC(=O)c1ccc(=O)n(CC(=O)NC2CCCCC2)c1. The lowest BCUT2D eigenvalue weighted by molar-refractivity contribution is -0.122. The van der Waals surface area contributed by atoms with Crippen molar-refractivity contribution in [2.24, 2.45) is 0 Å². The summed E-state index contributed by atoms with van der Waals surface area (Å²) in [6, 6.07) is 2.97. The van der Waals surface area contributed by atoms with Crippen molar-refractivity contribution in [1.82, 2.24) is 20.4 Å². The van der Waals surface area contributed by atoms with Crippen LogP contribution in [0.15, 0.2) is 27.6 Å². The molecule has 156 valence electrons. The largest absolute Gasteiger partial charge is 0.361 e. The number of aryl methyl sites for hydroxylation is 2. The van der Waals surface area contributed by atoms with Gasteiger partial charge in [0, 0.05) is 30.4 Å². The number of hydrogen-bond donors (Lipinski definition) is 2. The number of carbonyl (C=O) groups excluding carboxylic acids is 2. The van der Waals surface area contributed by atoms with Gasteiger partial charge in [0.2, 0.25) is 5.91 Å². The summed E-state index contributed by atoms with van der Waals surface area (Å²) < 4.78 is 6.40. The van der Waals surface area contributed by atoms with Crippen molar-refractivity contribution in [3.63, 3.8) is 0 Å². The van der Waals surface area contributed by atoms with E-state index in [1.807, 2.05) is 13.8 Å². The summed E-state index contributed by atoms with van der Waals surface area (Å²) in [7, 11) is 0. The topological polar surface area (TPSA) is 106 Å². The van der Waals surface area contributed by atoms with E-state index in [0.29, 0.717) is 18.5 Å². The second-order valence-electron chi connectivity index (χ2n) is 7.59. The third-order valence-electron chi connectivity index (χ3n) is 5.37. The fourth-order valence-electron chi connectivity index (χ4n) is 3.73. The lowest BCUT2D eigenvalue weighted by atomic mass is 9.95. The molecule has 1 fully saturated rings. The molecule has 0 bridgehead atoms. The van der Waals surface area contributed by atoms with E-state index in [9.17, 15) is 14.4 Å². The molecule has 2 N–H and O–H groups in total. The van der Waals surface area contributed by atoms with Gasteiger partial charge in [-0.05, 0) is 39.2 Å². The van der Waals surface area contributed by atoms with Crippen LogP contribution in [0.2, 0.25) is 0 Å².